The Labute approximate surface area is 125 Å². The molecule has 1 heterocycles. The van der Waals surface area contributed by atoms with Gasteiger partial charge in [-0.2, -0.15) is 4.98 Å². The van der Waals surface area contributed by atoms with E-state index < -0.39 is 0 Å². The first kappa shape index (κ1) is 14.1. The second-order valence-corrected chi connectivity index (χ2v) is 5.20. The van der Waals surface area contributed by atoms with E-state index >= 15 is 0 Å². The van der Waals surface area contributed by atoms with Crippen molar-refractivity contribution in [2.24, 2.45) is 0 Å². The van der Waals surface area contributed by atoms with Crippen molar-refractivity contribution in [3.8, 4) is 5.88 Å². The second kappa shape index (κ2) is 6.21. The fourth-order valence-electron chi connectivity index (χ4n) is 1.66. The number of ether oxygens (including phenoxy) is 1. The molecule has 2 rings (SSSR count). The Kier molecular flexibility index (Phi) is 4.61. The van der Waals surface area contributed by atoms with Crippen molar-refractivity contribution >= 4 is 33.5 Å². The number of rotatable bonds is 4. The molecule has 0 spiro atoms. The smallest absolute Gasteiger partial charge is 0.232 e. The van der Waals surface area contributed by atoms with Crippen molar-refractivity contribution in [1.29, 1.82) is 0 Å². The van der Waals surface area contributed by atoms with E-state index in [-0.39, 0.29) is 6.04 Å². The minimum absolute atomic E-state index is 0.000387. The van der Waals surface area contributed by atoms with Gasteiger partial charge in [0, 0.05) is 5.02 Å². The predicted molar refractivity (Wildman–Crippen MR) is 79.8 cm³/mol. The summed E-state index contributed by atoms with van der Waals surface area (Å²) in [5.74, 6) is 0.983. The van der Waals surface area contributed by atoms with Crippen molar-refractivity contribution in [2.45, 2.75) is 13.0 Å². The van der Waals surface area contributed by atoms with Gasteiger partial charge in [-0.1, -0.05) is 29.8 Å². The van der Waals surface area contributed by atoms with E-state index in [4.69, 9.17) is 16.3 Å². The lowest BCUT2D eigenvalue weighted by atomic mass is 10.1. The van der Waals surface area contributed by atoms with Gasteiger partial charge in [-0.15, -0.1) is 0 Å². The van der Waals surface area contributed by atoms with Gasteiger partial charge in [-0.25, -0.2) is 4.98 Å². The molecule has 6 heteroatoms. The van der Waals surface area contributed by atoms with Gasteiger partial charge in [-0.05, 0) is 34.5 Å². The molecule has 0 fully saturated rings. The lowest BCUT2D eigenvalue weighted by molar-refractivity contribution is 0.394. The van der Waals surface area contributed by atoms with Crippen LogP contribution < -0.4 is 10.1 Å². The first-order chi connectivity index (χ1) is 9.11. The van der Waals surface area contributed by atoms with E-state index in [0.29, 0.717) is 21.3 Å². The highest BCUT2D eigenvalue weighted by molar-refractivity contribution is 9.10. The summed E-state index contributed by atoms with van der Waals surface area (Å²) in [5, 5.41) is 3.91. The van der Waals surface area contributed by atoms with E-state index in [1.165, 1.54) is 0 Å². The van der Waals surface area contributed by atoms with Crippen LogP contribution in [0.5, 0.6) is 5.88 Å². The van der Waals surface area contributed by atoms with Crippen LogP contribution in [0.4, 0.5) is 5.95 Å². The van der Waals surface area contributed by atoms with Gasteiger partial charge in [0.05, 0.1) is 23.8 Å². The van der Waals surface area contributed by atoms with Crippen molar-refractivity contribution < 1.29 is 4.74 Å². The molecule has 1 unspecified atom stereocenters. The fourth-order valence-corrected chi connectivity index (χ4v) is 2.31. The van der Waals surface area contributed by atoms with Gasteiger partial charge >= 0.3 is 0 Å². The maximum Gasteiger partial charge on any atom is 0.232 e. The summed E-state index contributed by atoms with van der Waals surface area (Å²) in [5.41, 5.74) is 0.995. The topological polar surface area (TPSA) is 47.0 Å². The molecule has 0 aliphatic heterocycles. The van der Waals surface area contributed by atoms with Crippen LogP contribution >= 0.6 is 27.5 Å². The normalized spacial score (nSPS) is 12.0. The van der Waals surface area contributed by atoms with E-state index in [2.05, 4.69) is 31.2 Å². The van der Waals surface area contributed by atoms with Crippen LogP contribution in [0.1, 0.15) is 18.5 Å². The van der Waals surface area contributed by atoms with Crippen molar-refractivity contribution in [1.82, 2.24) is 9.97 Å². The first-order valence-corrected chi connectivity index (χ1v) is 6.86. The number of nitrogens with zero attached hydrogens (tertiary/aromatic N) is 2. The number of hydrogen-bond donors (Lipinski definition) is 1. The van der Waals surface area contributed by atoms with Crippen LogP contribution in [0.2, 0.25) is 5.02 Å². The van der Waals surface area contributed by atoms with Gasteiger partial charge in [0.15, 0.2) is 0 Å². The molecule has 0 bridgehead atoms. The first-order valence-electron chi connectivity index (χ1n) is 5.69. The number of methoxy groups -OCH3 is 1. The largest absolute Gasteiger partial charge is 0.480 e. The minimum atomic E-state index is -0.000387. The zero-order valence-corrected chi connectivity index (χ0v) is 12.9. The summed E-state index contributed by atoms with van der Waals surface area (Å²) in [6.07, 6.45) is 1.65. The van der Waals surface area contributed by atoms with E-state index in [1.807, 2.05) is 31.2 Å². The molecule has 0 aliphatic rings. The lowest BCUT2D eigenvalue weighted by Crippen LogP contribution is -2.10. The van der Waals surface area contributed by atoms with Gasteiger partial charge in [0.25, 0.3) is 0 Å². The molecule has 1 N–H and O–H groups in total. The quantitative estimate of drug-likeness (QED) is 0.909. The fraction of sp³-hybridized carbons (Fsp3) is 0.231. The number of benzene rings is 1. The maximum absolute atomic E-state index is 6.16. The van der Waals surface area contributed by atoms with Crippen LogP contribution in [-0.2, 0) is 0 Å². The molecule has 100 valence electrons. The Morgan fingerprint density at radius 3 is 2.79 bits per heavy atom. The molecule has 0 saturated carbocycles. The van der Waals surface area contributed by atoms with Crippen molar-refractivity contribution in [3.63, 3.8) is 0 Å². The van der Waals surface area contributed by atoms with Crippen molar-refractivity contribution in [3.05, 3.63) is 45.5 Å². The molecule has 4 nitrogen and oxygen atoms in total. The third-order valence-corrected chi connectivity index (χ3v) is 3.51. The summed E-state index contributed by atoms with van der Waals surface area (Å²) in [6.45, 7) is 2.00. The molecular weight excluding hydrogens is 330 g/mol. The summed E-state index contributed by atoms with van der Waals surface area (Å²) in [6, 6.07) is 7.67. The zero-order chi connectivity index (χ0) is 13.8. The summed E-state index contributed by atoms with van der Waals surface area (Å²) < 4.78 is 5.85. The highest BCUT2D eigenvalue weighted by Crippen LogP contribution is 2.26. The Bertz CT molecular complexity index is 580. The molecule has 0 amide bonds. The molecule has 2 aromatic rings. The average molecular weight is 343 g/mol. The molecule has 0 aliphatic carbocycles. The monoisotopic (exact) mass is 341 g/mol. The van der Waals surface area contributed by atoms with Gasteiger partial charge in [0.2, 0.25) is 11.8 Å². The standard InChI is InChI=1S/C13H13BrClN3O/c1-8(9-5-3-4-6-11(9)15)17-13-16-7-10(14)12(18-13)19-2/h3-8H,1-2H3,(H,16,17,18). The number of halogens is 2. The van der Waals surface area contributed by atoms with Gasteiger partial charge in [-0.3, -0.25) is 0 Å². The summed E-state index contributed by atoms with van der Waals surface area (Å²) >= 11 is 9.47. The van der Waals surface area contributed by atoms with Crippen LogP contribution in [0.3, 0.4) is 0 Å². The highest BCUT2D eigenvalue weighted by atomic mass is 79.9. The van der Waals surface area contributed by atoms with Crippen LogP contribution in [0.25, 0.3) is 0 Å². The Hall–Kier alpha value is -1.33. The molecule has 0 radical (unpaired) electrons. The minimum Gasteiger partial charge on any atom is -0.480 e. The van der Waals surface area contributed by atoms with Gasteiger partial charge < -0.3 is 10.1 Å². The molecule has 1 aromatic carbocycles. The van der Waals surface area contributed by atoms with Crippen LogP contribution in [0, 0.1) is 0 Å². The number of nitrogens with one attached hydrogen (secondary N) is 1. The average Bonchev–Trinajstić information content (AvgIpc) is 2.41. The van der Waals surface area contributed by atoms with Gasteiger partial charge in [0.1, 0.15) is 0 Å². The van der Waals surface area contributed by atoms with E-state index in [9.17, 15) is 0 Å². The molecular formula is C13H13BrClN3O. The van der Waals surface area contributed by atoms with Crippen LogP contribution in [-0.4, -0.2) is 17.1 Å². The Morgan fingerprint density at radius 1 is 1.37 bits per heavy atom. The SMILES string of the molecule is COc1nc(NC(C)c2ccccc2Cl)ncc1Br. The highest BCUT2D eigenvalue weighted by Gasteiger charge is 2.11. The number of anilines is 1. The third kappa shape index (κ3) is 3.36. The van der Waals surface area contributed by atoms with Crippen LogP contribution in [0.15, 0.2) is 34.9 Å². The van der Waals surface area contributed by atoms with Crippen molar-refractivity contribution in [2.75, 3.05) is 12.4 Å². The third-order valence-electron chi connectivity index (χ3n) is 2.62. The zero-order valence-electron chi connectivity index (χ0n) is 10.5. The molecule has 1 aromatic heterocycles. The predicted octanol–water partition coefficient (Wildman–Crippen LogP) is 4.07. The Morgan fingerprint density at radius 2 is 2.11 bits per heavy atom. The summed E-state index contributed by atoms with van der Waals surface area (Å²) in [4.78, 5) is 8.44. The maximum atomic E-state index is 6.16. The van der Waals surface area contributed by atoms with E-state index in [1.54, 1.807) is 13.3 Å². The number of hydrogen-bond acceptors (Lipinski definition) is 4. The molecule has 0 saturated heterocycles. The molecule has 19 heavy (non-hydrogen) atoms. The Balaban J connectivity index is 2.19. The number of aromatic nitrogens is 2. The molecule has 1 atom stereocenters. The lowest BCUT2D eigenvalue weighted by Gasteiger charge is -2.16. The summed E-state index contributed by atoms with van der Waals surface area (Å²) in [7, 11) is 1.56. The second-order valence-electron chi connectivity index (χ2n) is 3.94. The van der Waals surface area contributed by atoms with E-state index in [0.717, 1.165) is 5.56 Å².